The first-order chi connectivity index (χ1) is 10.9. The Bertz CT molecular complexity index is 806. The molecule has 2 heterocycles. The van der Waals surface area contributed by atoms with Crippen LogP contribution in [0, 0.1) is 0 Å². The fraction of sp³-hybridized carbons (Fsp3) is 0.368. The van der Waals surface area contributed by atoms with Crippen molar-refractivity contribution in [2.45, 2.75) is 19.4 Å². The molecule has 3 nitrogen and oxygen atoms in total. The maximum absolute atomic E-state index is 5.43. The maximum atomic E-state index is 5.43. The van der Waals surface area contributed by atoms with Gasteiger partial charge in [0.05, 0.1) is 38.8 Å². The molecule has 1 saturated heterocycles. The van der Waals surface area contributed by atoms with E-state index in [4.69, 9.17) is 4.74 Å². The molecule has 0 saturated carbocycles. The van der Waals surface area contributed by atoms with Crippen LogP contribution < -0.4 is 22.0 Å². The number of ether oxygens (including phenoxy) is 1. The highest BCUT2D eigenvalue weighted by Gasteiger charge is 2.17. The normalized spacial score (nSPS) is 15.2. The third-order valence-corrected chi connectivity index (χ3v) is 4.98. The Morgan fingerprint density at radius 3 is 2.52 bits per heavy atom. The maximum Gasteiger partial charge on any atom is 0.120 e. The van der Waals surface area contributed by atoms with Crippen molar-refractivity contribution in [3.8, 4) is 5.75 Å². The summed E-state index contributed by atoms with van der Waals surface area (Å²) in [6, 6.07) is 15.2. The second-order valence-electron chi connectivity index (χ2n) is 6.26. The number of rotatable bonds is 4. The van der Waals surface area contributed by atoms with E-state index < -0.39 is 0 Å². The van der Waals surface area contributed by atoms with E-state index in [1.165, 1.54) is 54.3 Å². The molecule has 0 amide bonds. The van der Waals surface area contributed by atoms with Gasteiger partial charge in [0.25, 0.3) is 0 Å². The summed E-state index contributed by atoms with van der Waals surface area (Å²) in [5.41, 5.74) is 2.63. The van der Waals surface area contributed by atoms with E-state index in [-0.39, 0.29) is 12.4 Å². The summed E-state index contributed by atoms with van der Waals surface area (Å²) in [6.45, 7) is 4.96. The van der Waals surface area contributed by atoms with Crippen LogP contribution in [0.4, 0.5) is 0 Å². The van der Waals surface area contributed by atoms with E-state index in [2.05, 4.69) is 47.0 Å². The van der Waals surface area contributed by atoms with Gasteiger partial charge < -0.3 is 26.6 Å². The minimum absolute atomic E-state index is 0. The molecule has 2 aromatic carbocycles. The monoisotopic (exact) mass is 330 g/mol. The number of likely N-dealkylation sites (tertiary alicyclic amines) is 1. The number of para-hydroxylation sites is 1. The van der Waals surface area contributed by atoms with Crippen LogP contribution in [0.5, 0.6) is 5.75 Å². The van der Waals surface area contributed by atoms with E-state index in [9.17, 15) is 0 Å². The molecule has 1 N–H and O–H groups in total. The van der Waals surface area contributed by atoms with Gasteiger partial charge in [-0.1, -0.05) is 18.2 Å². The highest BCUT2D eigenvalue weighted by Crippen LogP contribution is 2.31. The molecule has 1 aromatic heterocycles. The first kappa shape index (κ1) is 16.2. The van der Waals surface area contributed by atoms with Gasteiger partial charge in [0.15, 0.2) is 0 Å². The van der Waals surface area contributed by atoms with Crippen molar-refractivity contribution in [2.24, 2.45) is 0 Å². The summed E-state index contributed by atoms with van der Waals surface area (Å²) >= 11 is 0. The van der Waals surface area contributed by atoms with Crippen molar-refractivity contribution in [3.63, 3.8) is 0 Å². The molecular formula is C19H23ClN2O. The molecule has 0 atom stereocenters. The second kappa shape index (κ2) is 6.81. The lowest BCUT2D eigenvalue weighted by Crippen LogP contribution is -3.10. The predicted octanol–water partition coefficient (Wildman–Crippen LogP) is -0.514. The topological polar surface area (TPSA) is 18.6 Å². The van der Waals surface area contributed by atoms with E-state index in [1.807, 2.05) is 0 Å². The number of halogens is 1. The van der Waals surface area contributed by atoms with Crippen molar-refractivity contribution in [1.82, 2.24) is 4.57 Å². The molecule has 23 heavy (non-hydrogen) atoms. The Labute approximate surface area is 143 Å². The molecule has 0 unspecified atom stereocenters. The third kappa shape index (κ3) is 2.91. The molecule has 1 aliphatic rings. The molecule has 0 bridgehead atoms. The summed E-state index contributed by atoms with van der Waals surface area (Å²) in [5, 5.41) is 2.67. The van der Waals surface area contributed by atoms with Crippen LogP contribution in [0.25, 0.3) is 21.8 Å². The standard InChI is InChI=1S/C19H22N2O.ClH/c1-22-15-8-9-17-16-6-2-3-7-18(16)21(19(17)14-15)13-12-20-10-4-5-11-20;/h2-3,6-9,14H,4-5,10-13H2,1H3;1H. The molecule has 0 spiro atoms. The van der Waals surface area contributed by atoms with Gasteiger partial charge in [-0.15, -0.1) is 0 Å². The number of aromatic nitrogens is 1. The van der Waals surface area contributed by atoms with Crippen LogP contribution in [0.3, 0.4) is 0 Å². The van der Waals surface area contributed by atoms with Crippen LogP contribution in [-0.2, 0) is 6.54 Å². The quantitative estimate of drug-likeness (QED) is 0.682. The van der Waals surface area contributed by atoms with Crippen LogP contribution in [0.1, 0.15) is 12.8 Å². The number of nitrogens with one attached hydrogen (secondary N) is 1. The summed E-state index contributed by atoms with van der Waals surface area (Å²) in [7, 11) is 1.74. The SMILES string of the molecule is COc1ccc2c3ccccc3n(CC[NH+]3CCCC3)c2c1.[Cl-]. The first-order valence-corrected chi connectivity index (χ1v) is 8.25. The summed E-state index contributed by atoms with van der Waals surface area (Å²) in [5.74, 6) is 0.935. The highest BCUT2D eigenvalue weighted by molar-refractivity contribution is 6.08. The molecule has 4 rings (SSSR count). The van der Waals surface area contributed by atoms with Crippen molar-refractivity contribution >= 4 is 21.8 Å². The molecule has 3 aromatic rings. The second-order valence-corrected chi connectivity index (χ2v) is 6.26. The molecule has 4 heteroatoms. The number of quaternary nitrogens is 1. The van der Waals surface area contributed by atoms with Gasteiger partial charge in [-0.3, -0.25) is 0 Å². The summed E-state index contributed by atoms with van der Waals surface area (Å²) < 4.78 is 7.90. The molecule has 1 fully saturated rings. The van der Waals surface area contributed by atoms with Gasteiger partial charge in [0.2, 0.25) is 0 Å². The number of fused-ring (bicyclic) bond motifs is 3. The largest absolute Gasteiger partial charge is 1.00 e. The minimum atomic E-state index is 0. The van der Waals surface area contributed by atoms with Crippen molar-refractivity contribution < 1.29 is 22.0 Å². The van der Waals surface area contributed by atoms with E-state index in [0.29, 0.717) is 0 Å². The molecule has 0 aliphatic carbocycles. The van der Waals surface area contributed by atoms with Gasteiger partial charge in [0, 0.05) is 35.2 Å². The van der Waals surface area contributed by atoms with E-state index >= 15 is 0 Å². The summed E-state index contributed by atoms with van der Waals surface area (Å²) in [6.07, 6.45) is 2.77. The lowest BCUT2D eigenvalue weighted by atomic mass is 10.1. The predicted molar refractivity (Wildman–Crippen MR) is 90.8 cm³/mol. The van der Waals surface area contributed by atoms with Crippen molar-refractivity contribution in [2.75, 3.05) is 26.7 Å². The molecule has 122 valence electrons. The number of nitrogens with zero attached hydrogens (tertiary/aromatic N) is 1. The van der Waals surface area contributed by atoms with Crippen LogP contribution in [0.2, 0.25) is 0 Å². The molecular weight excluding hydrogens is 308 g/mol. The smallest absolute Gasteiger partial charge is 0.120 e. The molecule has 0 radical (unpaired) electrons. The first-order valence-electron chi connectivity index (χ1n) is 8.25. The Morgan fingerprint density at radius 2 is 1.74 bits per heavy atom. The fourth-order valence-corrected chi connectivity index (χ4v) is 3.79. The zero-order valence-electron chi connectivity index (χ0n) is 13.5. The molecule has 1 aliphatic heterocycles. The van der Waals surface area contributed by atoms with Crippen LogP contribution >= 0.6 is 0 Å². The van der Waals surface area contributed by atoms with E-state index in [1.54, 1.807) is 12.0 Å². The van der Waals surface area contributed by atoms with E-state index in [0.717, 1.165) is 12.3 Å². The Kier molecular flexibility index (Phi) is 4.79. The average molecular weight is 331 g/mol. The number of hydrogen-bond acceptors (Lipinski definition) is 1. The Morgan fingerprint density at radius 1 is 1.00 bits per heavy atom. The van der Waals surface area contributed by atoms with Crippen LogP contribution in [0.15, 0.2) is 42.5 Å². The van der Waals surface area contributed by atoms with Gasteiger partial charge in [-0.2, -0.15) is 0 Å². The zero-order chi connectivity index (χ0) is 14.9. The third-order valence-electron chi connectivity index (χ3n) is 4.98. The van der Waals surface area contributed by atoms with Crippen molar-refractivity contribution in [1.29, 1.82) is 0 Å². The Hall–Kier alpha value is -1.71. The van der Waals surface area contributed by atoms with Crippen LogP contribution in [-0.4, -0.2) is 31.3 Å². The summed E-state index contributed by atoms with van der Waals surface area (Å²) in [4.78, 5) is 1.74. The number of hydrogen-bond donors (Lipinski definition) is 1. The lowest BCUT2D eigenvalue weighted by Gasteiger charge is -2.14. The van der Waals surface area contributed by atoms with Gasteiger partial charge >= 0.3 is 0 Å². The fourth-order valence-electron chi connectivity index (χ4n) is 3.79. The average Bonchev–Trinajstić information content (AvgIpc) is 3.18. The number of methoxy groups -OCH3 is 1. The van der Waals surface area contributed by atoms with Gasteiger partial charge in [-0.05, 0) is 18.2 Å². The van der Waals surface area contributed by atoms with Gasteiger partial charge in [-0.25, -0.2) is 0 Å². The highest BCUT2D eigenvalue weighted by atomic mass is 35.5. The lowest BCUT2D eigenvalue weighted by molar-refractivity contribution is -0.887. The number of benzene rings is 2. The van der Waals surface area contributed by atoms with Crippen molar-refractivity contribution in [3.05, 3.63) is 42.5 Å². The Balaban J connectivity index is 0.00000156. The minimum Gasteiger partial charge on any atom is -1.00 e. The van der Waals surface area contributed by atoms with Gasteiger partial charge in [0.1, 0.15) is 5.75 Å². The zero-order valence-corrected chi connectivity index (χ0v) is 14.3.